The van der Waals surface area contributed by atoms with E-state index in [9.17, 15) is 14.4 Å². The zero-order chi connectivity index (χ0) is 20.3. The maximum atomic E-state index is 13.0. The quantitative estimate of drug-likeness (QED) is 0.819. The Labute approximate surface area is 166 Å². The fourth-order valence-corrected chi connectivity index (χ4v) is 3.80. The summed E-state index contributed by atoms with van der Waals surface area (Å²) >= 11 is 1.16. The van der Waals surface area contributed by atoms with Crippen molar-refractivity contribution in [2.45, 2.75) is 33.0 Å². The van der Waals surface area contributed by atoms with E-state index in [1.54, 1.807) is 34.5 Å². The summed E-state index contributed by atoms with van der Waals surface area (Å²) in [5.41, 5.74) is 0.998. The summed E-state index contributed by atoms with van der Waals surface area (Å²) in [5, 5.41) is 7.19. The zero-order valence-corrected chi connectivity index (χ0v) is 16.7. The minimum atomic E-state index is -0.447. The second kappa shape index (κ2) is 8.49. The van der Waals surface area contributed by atoms with E-state index in [4.69, 9.17) is 4.74 Å². The second-order valence-electron chi connectivity index (χ2n) is 6.69. The smallest absolute Gasteiger partial charge is 0.275 e. The average Bonchev–Trinajstić information content (AvgIpc) is 3.08. The molecule has 1 aliphatic heterocycles. The first-order chi connectivity index (χ1) is 13.3. The van der Waals surface area contributed by atoms with Crippen molar-refractivity contribution < 1.29 is 19.1 Å². The van der Waals surface area contributed by atoms with Crippen LogP contribution < -0.4 is 10.6 Å². The molecule has 3 rings (SSSR count). The largest absolute Gasteiger partial charge is 0.372 e. The van der Waals surface area contributed by atoms with Gasteiger partial charge in [0, 0.05) is 25.4 Å². The predicted octanol–water partition coefficient (Wildman–Crippen LogP) is 2.60. The Morgan fingerprint density at radius 3 is 2.50 bits per heavy atom. The molecule has 2 atom stereocenters. The highest BCUT2D eigenvalue weighted by Gasteiger charge is 2.28. The predicted molar refractivity (Wildman–Crippen MR) is 107 cm³/mol. The topological polar surface area (TPSA) is 101 Å². The van der Waals surface area contributed by atoms with Crippen LogP contribution in [-0.4, -0.2) is 52.9 Å². The van der Waals surface area contributed by atoms with Crippen molar-refractivity contribution in [2.75, 3.05) is 23.7 Å². The summed E-state index contributed by atoms with van der Waals surface area (Å²) in [5.74, 6) is -0.863. The number of aromatic nitrogens is 1. The maximum Gasteiger partial charge on any atom is 0.275 e. The van der Waals surface area contributed by atoms with E-state index in [1.807, 2.05) is 13.8 Å². The number of carbonyl (C=O) groups excluding carboxylic acids is 3. The highest BCUT2D eigenvalue weighted by atomic mass is 32.1. The molecular weight excluding hydrogens is 380 g/mol. The number of para-hydroxylation sites is 1. The lowest BCUT2D eigenvalue weighted by Crippen LogP contribution is -2.48. The monoisotopic (exact) mass is 402 g/mol. The van der Waals surface area contributed by atoms with Crippen LogP contribution in [0.2, 0.25) is 0 Å². The third-order valence-corrected chi connectivity index (χ3v) is 4.89. The molecule has 1 aliphatic rings. The van der Waals surface area contributed by atoms with Crippen LogP contribution in [0, 0.1) is 0 Å². The van der Waals surface area contributed by atoms with Crippen molar-refractivity contribution in [3.63, 3.8) is 0 Å². The molecule has 0 saturated carbocycles. The Kier molecular flexibility index (Phi) is 6.05. The molecule has 0 bridgehead atoms. The lowest BCUT2D eigenvalue weighted by Gasteiger charge is -2.35. The van der Waals surface area contributed by atoms with Crippen LogP contribution in [-0.2, 0) is 9.53 Å². The molecule has 2 heterocycles. The summed E-state index contributed by atoms with van der Waals surface area (Å²) in [4.78, 5) is 42.5. The number of morpholine rings is 1. The van der Waals surface area contributed by atoms with Crippen molar-refractivity contribution in [3.05, 3.63) is 40.9 Å². The zero-order valence-electron chi connectivity index (χ0n) is 15.9. The van der Waals surface area contributed by atoms with E-state index >= 15 is 0 Å². The Hall–Kier alpha value is -2.78. The SMILES string of the molecule is CC(=O)Nc1nc(C(=O)Nc2ccccc2C(=O)N2CC(C)OC(C)C2)cs1. The molecule has 1 saturated heterocycles. The molecule has 2 aromatic rings. The van der Waals surface area contributed by atoms with Crippen LogP contribution >= 0.6 is 11.3 Å². The molecule has 3 amide bonds. The van der Waals surface area contributed by atoms with Crippen molar-refractivity contribution in [1.82, 2.24) is 9.88 Å². The van der Waals surface area contributed by atoms with Gasteiger partial charge < -0.3 is 20.3 Å². The molecule has 148 valence electrons. The van der Waals surface area contributed by atoms with E-state index in [2.05, 4.69) is 15.6 Å². The van der Waals surface area contributed by atoms with E-state index in [1.165, 1.54) is 6.92 Å². The number of nitrogens with one attached hydrogen (secondary N) is 2. The first-order valence-corrected chi connectivity index (χ1v) is 9.79. The molecule has 1 aromatic carbocycles. The van der Waals surface area contributed by atoms with Crippen LogP contribution in [0.4, 0.5) is 10.8 Å². The van der Waals surface area contributed by atoms with Crippen LogP contribution in [0.5, 0.6) is 0 Å². The van der Waals surface area contributed by atoms with Gasteiger partial charge in [-0.05, 0) is 26.0 Å². The molecule has 8 nitrogen and oxygen atoms in total. The number of ether oxygens (including phenoxy) is 1. The number of nitrogens with zero attached hydrogens (tertiary/aromatic N) is 2. The van der Waals surface area contributed by atoms with Gasteiger partial charge in [0.2, 0.25) is 5.91 Å². The number of hydrogen-bond donors (Lipinski definition) is 2. The number of anilines is 2. The average molecular weight is 402 g/mol. The van der Waals surface area contributed by atoms with Crippen molar-refractivity contribution in [1.29, 1.82) is 0 Å². The minimum Gasteiger partial charge on any atom is -0.372 e. The van der Waals surface area contributed by atoms with Gasteiger partial charge in [-0.15, -0.1) is 11.3 Å². The van der Waals surface area contributed by atoms with Crippen molar-refractivity contribution >= 4 is 39.9 Å². The van der Waals surface area contributed by atoms with Gasteiger partial charge in [0.05, 0.1) is 23.5 Å². The Balaban J connectivity index is 1.76. The van der Waals surface area contributed by atoms with Gasteiger partial charge in [0.15, 0.2) is 5.13 Å². The number of rotatable bonds is 4. The molecule has 28 heavy (non-hydrogen) atoms. The van der Waals surface area contributed by atoms with Gasteiger partial charge in [-0.25, -0.2) is 4.98 Å². The van der Waals surface area contributed by atoms with Crippen LogP contribution in [0.25, 0.3) is 0 Å². The van der Waals surface area contributed by atoms with Gasteiger partial charge in [0.25, 0.3) is 11.8 Å². The van der Waals surface area contributed by atoms with E-state index in [-0.39, 0.29) is 29.7 Å². The lowest BCUT2D eigenvalue weighted by molar-refractivity contribution is -0.114. The summed E-state index contributed by atoms with van der Waals surface area (Å²) in [6.07, 6.45) is -0.0895. The molecule has 0 radical (unpaired) electrons. The first-order valence-electron chi connectivity index (χ1n) is 8.91. The number of amides is 3. The number of carbonyl (C=O) groups is 3. The minimum absolute atomic E-state index is 0.0448. The van der Waals surface area contributed by atoms with Gasteiger partial charge >= 0.3 is 0 Å². The molecule has 0 aliphatic carbocycles. The highest BCUT2D eigenvalue weighted by molar-refractivity contribution is 7.14. The molecular formula is C19H22N4O4S. The van der Waals surface area contributed by atoms with E-state index in [0.29, 0.717) is 29.5 Å². The normalized spacial score (nSPS) is 19.2. The molecule has 2 unspecified atom stereocenters. The lowest BCUT2D eigenvalue weighted by atomic mass is 10.1. The van der Waals surface area contributed by atoms with Gasteiger partial charge in [-0.2, -0.15) is 0 Å². The van der Waals surface area contributed by atoms with E-state index in [0.717, 1.165) is 11.3 Å². The number of benzene rings is 1. The summed E-state index contributed by atoms with van der Waals surface area (Å²) in [6.45, 7) is 6.22. The van der Waals surface area contributed by atoms with E-state index < -0.39 is 5.91 Å². The van der Waals surface area contributed by atoms with Crippen LogP contribution in [0.1, 0.15) is 41.6 Å². The van der Waals surface area contributed by atoms with Crippen LogP contribution in [0.15, 0.2) is 29.6 Å². The molecule has 0 spiro atoms. The molecule has 1 aromatic heterocycles. The third kappa shape index (κ3) is 4.73. The molecule has 2 N–H and O–H groups in total. The third-order valence-electron chi connectivity index (χ3n) is 4.13. The Morgan fingerprint density at radius 2 is 1.82 bits per heavy atom. The Bertz CT molecular complexity index is 888. The maximum absolute atomic E-state index is 13.0. The highest BCUT2D eigenvalue weighted by Crippen LogP contribution is 2.22. The number of thiazole rings is 1. The summed E-state index contributed by atoms with van der Waals surface area (Å²) in [7, 11) is 0. The summed E-state index contributed by atoms with van der Waals surface area (Å²) < 4.78 is 5.68. The Morgan fingerprint density at radius 1 is 1.14 bits per heavy atom. The number of hydrogen-bond acceptors (Lipinski definition) is 6. The fourth-order valence-electron chi connectivity index (χ4n) is 3.07. The van der Waals surface area contributed by atoms with Gasteiger partial charge in [-0.3, -0.25) is 14.4 Å². The fraction of sp³-hybridized carbons (Fsp3) is 0.368. The standard InChI is InChI=1S/C19H22N4O4S/c1-11-8-23(9-12(2)27-11)18(26)14-6-4-5-7-15(14)21-17(25)16-10-28-19(22-16)20-13(3)24/h4-7,10-12H,8-9H2,1-3H3,(H,21,25)(H,20,22,24). The van der Waals surface area contributed by atoms with Gasteiger partial charge in [-0.1, -0.05) is 12.1 Å². The van der Waals surface area contributed by atoms with Crippen molar-refractivity contribution in [3.8, 4) is 0 Å². The first kappa shape index (κ1) is 20.0. The molecule has 1 fully saturated rings. The molecule has 9 heteroatoms. The van der Waals surface area contributed by atoms with Crippen molar-refractivity contribution in [2.24, 2.45) is 0 Å². The summed E-state index contributed by atoms with van der Waals surface area (Å²) in [6, 6.07) is 6.88. The van der Waals surface area contributed by atoms with Gasteiger partial charge in [0.1, 0.15) is 5.69 Å². The van der Waals surface area contributed by atoms with Crippen LogP contribution in [0.3, 0.4) is 0 Å². The second-order valence-corrected chi connectivity index (χ2v) is 7.54.